The minimum atomic E-state index is -0.0199. The zero-order valence-corrected chi connectivity index (χ0v) is 16.6. The molecule has 0 atom stereocenters. The summed E-state index contributed by atoms with van der Waals surface area (Å²) in [5.74, 6) is 2.08. The van der Waals surface area contributed by atoms with Crippen molar-refractivity contribution in [3.63, 3.8) is 0 Å². The van der Waals surface area contributed by atoms with Crippen molar-refractivity contribution in [1.82, 2.24) is 19.9 Å². The van der Waals surface area contributed by atoms with Crippen LogP contribution >= 0.6 is 0 Å². The molecule has 0 unspecified atom stereocenters. The lowest BCUT2D eigenvalue weighted by Crippen LogP contribution is -2.26. The molecule has 7 nitrogen and oxygen atoms in total. The second-order valence-electron chi connectivity index (χ2n) is 7.52. The molecule has 3 rings (SSSR count). The molecule has 1 aliphatic heterocycles. The Bertz CT molecular complexity index is 791. The average Bonchev–Trinajstić information content (AvgIpc) is 2.87. The Morgan fingerprint density at radius 1 is 1.30 bits per heavy atom. The van der Waals surface area contributed by atoms with Crippen LogP contribution in [0.25, 0.3) is 0 Å². The van der Waals surface area contributed by atoms with E-state index in [-0.39, 0.29) is 5.91 Å². The van der Waals surface area contributed by atoms with Gasteiger partial charge in [-0.05, 0) is 30.0 Å². The molecule has 0 aromatic carbocycles. The molecule has 0 radical (unpaired) electrons. The van der Waals surface area contributed by atoms with E-state index in [9.17, 15) is 4.79 Å². The first kappa shape index (κ1) is 19.1. The van der Waals surface area contributed by atoms with Crippen molar-refractivity contribution < 1.29 is 4.79 Å². The van der Waals surface area contributed by atoms with Crippen LogP contribution in [0.1, 0.15) is 35.5 Å². The molecule has 3 heterocycles. The maximum Gasteiger partial charge on any atom is 0.257 e. The summed E-state index contributed by atoms with van der Waals surface area (Å²) in [5.41, 5.74) is 2.86. The number of nitrogens with one attached hydrogen (secondary N) is 1. The monoisotopic (exact) mass is 368 g/mol. The lowest BCUT2D eigenvalue weighted by Gasteiger charge is -2.20. The molecule has 1 aliphatic rings. The van der Waals surface area contributed by atoms with Crippen LogP contribution in [0.5, 0.6) is 0 Å². The van der Waals surface area contributed by atoms with Crippen LogP contribution in [-0.2, 0) is 12.8 Å². The minimum absolute atomic E-state index is 0.0199. The normalized spacial score (nSPS) is 13.9. The summed E-state index contributed by atoms with van der Waals surface area (Å²) < 4.78 is 0. The number of fused-ring (bicyclic) bond motifs is 1. The van der Waals surface area contributed by atoms with Crippen LogP contribution in [0.15, 0.2) is 24.7 Å². The number of hydrogen-bond donors (Lipinski definition) is 1. The summed E-state index contributed by atoms with van der Waals surface area (Å²) in [6, 6.07) is 3.96. The van der Waals surface area contributed by atoms with Crippen molar-refractivity contribution in [1.29, 1.82) is 0 Å². The Balaban J connectivity index is 1.89. The first-order valence-corrected chi connectivity index (χ1v) is 9.45. The number of carbonyl (C=O) groups is 1. The van der Waals surface area contributed by atoms with Gasteiger partial charge in [-0.3, -0.25) is 4.79 Å². The fourth-order valence-electron chi connectivity index (χ4n) is 3.17. The third-order valence-electron chi connectivity index (χ3n) is 4.67. The molecule has 0 saturated carbocycles. The van der Waals surface area contributed by atoms with E-state index >= 15 is 0 Å². The van der Waals surface area contributed by atoms with Crippen molar-refractivity contribution in [3.8, 4) is 0 Å². The summed E-state index contributed by atoms with van der Waals surface area (Å²) in [7, 11) is 3.55. The number of rotatable bonds is 5. The summed E-state index contributed by atoms with van der Waals surface area (Å²) in [6.45, 7) is 6.77. The van der Waals surface area contributed by atoms with Gasteiger partial charge in [-0.25, -0.2) is 15.0 Å². The number of amides is 1. The van der Waals surface area contributed by atoms with E-state index in [1.165, 1.54) is 0 Å². The van der Waals surface area contributed by atoms with E-state index in [1.54, 1.807) is 31.5 Å². The van der Waals surface area contributed by atoms with E-state index in [0.29, 0.717) is 17.3 Å². The lowest BCUT2D eigenvalue weighted by molar-refractivity contribution is 0.0828. The number of anilines is 2. The van der Waals surface area contributed by atoms with E-state index in [2.05, 4.69) is 34.0 Å². The molecule has 2 aromatic rings. The highest BCUT2D eigenvalue weighted by molar-refractivity contribution is 5.98. The van der Waals surface area contributed by atoms with Gasteiger partial charge in [0.05, 0.1) is 5.56 Å². The molecule has 0 spiro atoms. The molecule has 7 heteroatoms. The molecule has 0 aliphatic carbocycles. The Labute approximate surface area is 160 Å². The number of carbonyl (C=O) groups excluding carboxylic acids is 1. The zero-order valence-electron chi connectivity index (χ0n) is 16.6. The zero-order chi connectivity index (χ0) is 19.4. The Morgan fingerprint density at radius 3 is 2.74 bits per heavy atom. The summed E-state index contributed by atoms with van der Waals surface area (Å²) >= 11 is 0. The van der Waals surface area contributed by atoms with Gasteiger partial charge in [0, 0.05) is 52.0 Å². The van der Waals surface area contributed by atoms with Crippen LogP contribution < -0.4 is 10.2 Å². The molecule has 0 saturated heterocycles. The third-order valence-corrected chi connectivity index (χ3v) is 4.67. The summed E-state index contributed by atoms with van der Waals surface area (Å²) in [6.07, 6.45) is 5.00. The number of pyridine rings is 1. The van der Waals surface area contributed by atoms with Gasteiger partial charge in [-0.2, -0.15) is 0 Å². The Morgan fingerprint density at radius 2 is 2.07 bits per heavy atom. The highest BCUT2D eigenvalue weighted by Crippen LogP contribution is 2.24. The average molecular weight is 368 g/mol. The fraction of sp³-hybridized carbons (Fsp3) is 0.500. The predicted molar refractivity (Wildman–Crippen MR) is 107 cm³/mol. The number of aromatic nitrogens is 3. The van der Waals surface area contributed by atoms with Crippen molar-refractivity contribution in [3.05, 3.63) is 41.5 Å². The molecule has 1 N–H and O–H groups in total. The van der Waals surface area contributed by atoms with E-state index in [0.717, 1.165) is 49.6 Å². The van der Waals surface area contributed by atoms with Gasteiger partial charge in [0.2, 0.25) is 0 Å². The van der Waals surface area contributed by atoms with Gasteiger partial charge in [0.25, 0.3) is 5.91 Å². The van der Waals surface area contributed by atoms with E-state index in [1.807, 2.05) is 12.1 Å². The molecule has 27 heavy (non-hydrogen) atoms. The topological polar surface area (TPSA) is 74.2 Å². The fourth-order valence-corrected chi connectivity index (χ4v) is 3.17. The second kappa shape index (κ2) is 8.33. The van der Waals surface area contributed by atoms with Crippen molar-refractivity contribution in [2.45, 2.75) is 26.7 Å². The standard InChI is InChI=1S/C20H28N6O/c1-14(2)12-22-19-16(20(27)25(3)4)11-15-6-9-26(10-7-17(15)24-19)18-5-8-21-13-23-18/h5,8,11,13-14H,6-7,9-10,12H2,1-4H3,(H,22,24). The largest absolute Gasteiger partial charge is 0.369 e. The van der Waals surface area contributed by atoms with Crippen molar-refractivity contribution >= 4 is 17.5 Å². The first-order chi connectivity index (χ1) is 13.0. The van der Waals surface area contributed by atoms with Crippen LogP contribution in [0.2, 0.25) is 0 Å². The Hall–Kier alpha value is -2.70. The van der Waals surface area contributed by atoms with Crippen LogP contribution in [-0.4, -0.2) is 59.5 Å². The minimum Gasteiger partial charge on any atom is -0.369 e. The maximum atomic E-state index is 12.7. The smallest absolute Gasteiger partial charge is 0.257 e. The van der Waals surface area contributed by atoms with Crippen molar-refractivity contribution in [2.75, 3.05) is 43.9 Å². The summed E-state index contributed by atoms with van der Waals surface area (Å²) in [5, 5.41) is 3.37. The third kappa shape index (κ3) is 4.53. The van der Waals surface area contributed by atoms with E-state index < -0.39 is 0 Å². The Kier molecular flexibility index (Phi) is 5.88. The number of hydrogen-bond acceptors (Lipinski definition) is 6. The molecule has 0 fully saturated rings. The molecule has 0 bridgehead atoms. The van der Waals surface area contributed by atoms with Gasteiger partial charge < -0.3 is 15.1 Å². The molecular weight excluding hydrogens is 340 g/mol. The molecule has 1 amide bonds. The molecule has 2 aromatic heterocycles. The molecular formula is C20H28N6O. The van der Waals surface area contributed by atoms with Crippen LogP contribution in [0.4, 0.5) is 11.6 Å². The predicted octanol–water partition coefficient (Wildman–Crippen LogP) is 2.25. The highest BCUT2D eigenvalue weighted by Gasteiger charge is 2.22. The maximum absolute atomic E-state index is 12.7. The van der Waals surface area contributed by atoms with Crippen LogP contribution in [0, 0.1) is 5.92 Å². The van der Waals surface area contributed by atoms with Gasteiger partial charge >= 0.3 is 0 Å². The van der Waals surface area contributed by atoms with Gasteiger partial charge in [0.1, 0.15) is 18.0 Å². The quantitative estimate of drug-likeness (QED) is 0.872. The summed E-state index contributed by atoms with van der Waals surface area (Å²) in [4.78, 5) is 29.8. The van der Waals surface area contributed by atoms with Gasteiger partial charge in [-0.15, -0.1) is 0 Å². The number of nitrogens with zero attached hydrogens (tertiary/aromatic N) is 5. The lowest BCUT2D eigenvalue weighted by atomic mass is 10.0. The SMILES string of the molecule is CC(C)CNc1nc2c(cc1C(=O)N(C)C)CCN(c1ccncn1)CC2. The first-order valence-electron chi connectivity index (χ1n) is 9.45. The van der Waals surface area contributed by atoms with Gasteiger partial charge in [0.15, 0.2) is 0 Å². The highest BCUT2D eigenvalue weighted by atomic mass is 16.2. The molecule has 144 valence electrons. The van der Waals surface area contributed by atoms with Crippen LogP contribution in [0.3, 0.4) is 0 Å². The van der Waals surface area contributed by atoms with Gasteiger partial charge in [-0.1, -0.05) is 13.8 Å². The van der Waals surface area contributed by atoms with E-state index in [4.69, 9.17) is 4.98 Å². The second-order valence-corrected chi connectivity index (χ2v) is 7.52. The van der Waals surface area contributed by atoms with Crippen molar-refractivity contribution in [2.24, 2.45) is 5.92 Å².